The number of morpholine rings is 1. The van der Waals surface area contributed by atoms with E-state index in [0.717, 1.165) is 6.54 Å². The third-order valence-corrected chi connectivity index (χ3v) is 3.33. The maximum atomic E-state index is 9.23. The van der Waals surface area contributed by atoms with Crippen LogP contribution >= 0.6 is 0 Å². The molecule has 0 saturated carbocycles. The molecule has 2 atom stereocenters. The summed E-state index contributed by atoms with van der Waals surface area (Å²) < 4.78 is 10.9. The molecule has 3 rings (SSSR count). The van der Waals surface area contributed by atoms with E-state index in [1.807, 2.05) is 25.1 Å². The Morgan fingerprint density at radius 2 is 2.29 bits per heavy atom. The molecule has 2 unspecified atom stereocenters. The lowest BCUT2D eigenvalue weighted by Gasteiger charge is -2.35. The molecule has 1 aliphatic heterocycles. The fourth-order valence-electron chi connectivity index (χ4n) is 2.48. The van der Waals surface area contributed by atoms with Crippen LogP contribution < -0.4 is 0 Å². The van der Waals surface area contributed by atoms with Crippen LogP contribution in [0.4, 0.5) is 0 Å². The van der Waals surface area contributed by atoms with Crippen LogP contribution in [-0.4, -0.2) is 57.0 Å². The summed E-state index contributed by atoms with van der Waals surface area (Å²) in [7, 11) is 0. The van der Waals surface area contributed by atoms with E-state index >= 15 is 0 Å². The van der Waals surface area contributed by atoms with Crippen molar-refractivity contribution in [2.45, 2.75) is 25.7 Å². The van der Waals surface area contributed by atoms with Crippen LogP contribution in [0.3, 0.4) is 0 Å². The summed E-state index contributed by atoms with van der Waals surface area (Å²) in [5, 5.41) is 13.2. The molecule has 0 spiro atoms. The van der Waals surface area contributed by atoms with Crippen molar-refractivity contribution >= 4 is 0 Å². The topological polar surface area (TPSA) is 84.5 Å². The fourth-order valence-corrected chi connectivity index (χ4v) is 2.48. The summed E-state index contributed by atoms with van der Waals surface area (Å²) in [4.78, 5) is 10.7. The number of hydrogen-bond acceptors (Lipinski definition) is 7. The first kappa shape index (κ1) is 14.1. The van der Waals surface area contributed by atoms with E-state index < -0.39 is 0 Å². The first-order chi connectivity index (χ1) is 10.2. The number of aliphatic hydroxyl groups excluding tert-OH is 1. The van der Waals surface area contributed by atoms with Gasteiger partial charge in [-0.15, -0.1) is 0 Å². The highest BCUT2D eigenvalue weighted by atomic mass is 16.5. The Morgan fingerprint density at radius 3 is 3.05 bits per heavy atom. The smallest absolute Gasteiger partial charge is 0.241 e. The molecule has 3 heterocycles. The standard InChI is InChI=1S/C14H18N4O3/c1-10-6-18(7-11(9-19)20-10)8-13-16-14(17-21-13)12-4-2-3-5-15-12/h2-5,10-11,19H,6-9H2,1H3. The third-order valence-electron chi connectivity index (χ3n) is 3.33. The van der Waals surface area contributed by atoms with E-state index in [2.05, 4.69) is 20.0 Å². The predicted molar refractivity (Wildman–Crippen MR) is 74.2 cm³/mol. The number of aliphatic hydroxyl groups is 1. The maximum absolute atomic E-state index is 9.23. The molecule has 112 valence electrons. The van der Waals surface area contributed by atoms with Gasteiger partial charge in [-0.05, 0) is 19.1 Å². The van der Waals surface area contributed by atoms with Crippen LogP contribution in [0.2, 0.25) is 0 Å². The molecular formula is C14H18N4O3. The first-order valence-corrected chi connectivity index (χ1v) is 6.97. The highest BCUT2D eigenvalue weighted by Gasteiger charge is 2.26. The van der Waals surface area contributed by atoms with E-state index in [0.29, 0.717) is 30.5 Å². The van der Waals surface area contributed by atoms with E-state index in [1.54, 1.807) is 6.20 Å². The summed E-state index contributed by atoms with van der Waals surface area (Å²) in [6.07, 6.45) is 1.61. The molecule has 1 N–H and O–H groups in total. The van der Waals surface area contributed by atoms with Gasteiger partial charge in [0.1, 0.15) is 5.69 Å². The SMILES string of the molecule is CC1CN(Cc2nc(-c3ccccn3)no2)CC(CO)O1. The Balaban J connectivity index is 1.67. The van der Waals surface area contributed by atoms with Crippen LogP contribution in [0, 0.1) is 0 Å². The van der Waals surface area contributed by atoms with Crippen LogP contribution in [-0.2, 0) is 11.3 Å². The largest absolute Gasteiger partial charge is 0.394 e. The minimum atomic E-state index is -0.160. The number of pyridine rings is 1. The Bertz CT molecular complexity index is 575. The molecule has 1 aliphatic rings. The molecule has 21 heavy (non-hydrogen) atoms. The van der Waals surface area contributed by atoms with Crippen molar-refractivity contribution in [2.24, 2.45) is 0 Å². The van der Waals surface area contributed by atoms with Crippen LogP contribution in [0.1, 0.15) is 12.8 Å². The van der Waals surface area contributed by atoms with E-state index in [9.17, 15) is 5.11 Å². The van der Waals surface area contributed by atoms with Gasteiger partial charge in [-0.25, -0.2) is 0 Å². The second-order valence-electron chi connectivity index (χ2n) is 5.17. The van der Waals surface area contributed by atoms with Gasteiger partial charge in [0.25, 0.3) is 0 Å². The van der Waals surface area contributed by atoms with Crippen LogP contribution in [0.15, 0.2) is 28.9 Å². The summed E-state index contributed by atoms with van der Waals surface area (Å²) in [5.41, 5.74) is 0.691. The molecule has 2 aromatic rings. The molecule has 0 radical (unpaired) electrons. The molecule has 7 heteroatoms. The minimum absolute atomic E-state index is 0.0177. The predicted octanol–water partition coefficient (Wildman–Crippen LogP) is 0.713. The van der Waals surface area contributed by atoms with Gasteiger partial charge in [-0.3, -0.25) is 9.88 Å². The molecule has 0 bridgehead atoms. The molecule has 1 fully saturated rings. The van der Waals surface area contributed by atoms with Crippen molar-refractivity contribution < 1.29 is 14.4 Å². The summed E-state index contributed by atoms with van der Waals surface area (Å²) in [6.45, 7) is 3.98. The van der Waals surface area contributed by atoms with Gasteiger partial charge >= 0.3 is 0 Å². The van der Waals surface area contributed by atoms with Gasteiger partial charge in [-0.2, -0.15) is 4.98 Å². The lowest BCUT2D eigenvalue weighted by molar-refractivity contribution is -0.0988. The third kappa shape index (κ3) is 3.44. The summed E-state index contributed by atoms with van der Waals surface area (Å²) in [5.74, 6) is 1.03. The molecular weight excluding hydrogens is 272 g/mol. The number of rotatable bonds is 4. The minimum Gasteiger partial charge on any atom is -0.394 e. The number of nitrogens with zero attached hydrogens (tertiary/aromatic N) is 4. The first-order valence-electron chi connectivity index (χ1n) is 6.97. The highest BCUT2D eigenvalue weighted by Crippen LogP contribution is 2.16. The lowest BCUT2D eigenvalue weighted by atomic mass is 10.2. The second kappa shape index (κ2) is 6.30. The van der Waals surface area contributed by atoms with Crippen molar-refractivity contribution in [3.05, 3.63) is 30.3 Å². The highest BCUT2D eigenvalue weighted by molar-refractivity contribution is 5.46. The average molecular weight is 290 g/mol. The Labute approximate surface area is 122 Å². The van der Waals surface area contributed by atoms with Crippen molar-refractivity contribution in [1.82, 2.24) is 20.0 Å². The molecule has 2 aromatic heterocycles. The zero-order chi connectivity index (χ0) is 14.7. The van der Waals surface area contributed by atoms with Gasteiger partial charge in [0.05, 0.1) is 25.4 Å². The Morgan fingerprint density at radius 1 is 1.38 bits per heavy atom. The molecule has 0 aromatic carbocycles. The van der Waals surface area contributed by atoms with Crippen LogP contribution in [0.25, 0.3) is 11.5 Å². The Hall–Kier alpha value is -1.83. The number of ether oxygens (including phenoxy) is 1. The summed E-state index contributed by atoms with van der Waals surface area (Å²) in [6, 6.07) is 5.57. The van der Waals surface area contributed by atoms with E-state index in [-0.39, 0.29) is 18.8 Å². The second-order valence-corrected chi connectivity index (χ2v) is 5.17. The van der Waals surface area contributed by atoms with Gasteiger partial charge in [0.15, 0.2) is 0 Å². The van der Waals surface area contributed by atoms with E-state index in [1.165, 1.54) is 0 Å². The van der Waals surface area contributed by atoms with E-state index in [4.69, 9.17) is 9.26 Å². The molecule has 1 saturated heterocycles. The fraction of sp³-hybridized carbons (Fsp3) is 0.500. The molecule has 7 nitrogen and oxygen atoms in total. The van der Waals surface area contributed by atoms with Crippen molar-refractivity contribution in [1.29, 1.82) is 0 Å². The maximum Gasteiger partial charge on any atom is 0.241 e. The zero-order valence-corrected chi connectivity index (χ0v) is 11.8. The average Bonchev–Trinajstić information content (AvgIpc) is 2.96. The zero-order valence-electron chi connectivity index (χ0n) is 11.8. The van der Waals surface area contributed by atoms with Gasteiger partial charge in [0, 0.05) is 19.3 Å². The van der Waals surface area contributed by atoms with Crippen molar-refractivity contribution in [3.63, 3.8) is 0 Å². The van der Waals surface area contributed by atoms with Gasteiger partial charge in [-0.1, -0.05) is 11.2 Å². The number of hydrogen-bond donors (Lipinski definition) is 1. The quantitative estimate of drug-likeness (QED) is 0.887. The Kier molecular flexibility index (Phi) is 4.23. The lowest BCUT2D eigenvalue weighted by Crippen LogP contribution is -2.47. The van der Waals surface area contributed by atoms with Crippen LogP contribution in [0.5, 0.6) is 0 Å². The van der Waals surface area contributed by atoms with Crippen molar-refractivity contribution in [3.8, 4) is 11.5 Å². The number of aromatic nitrogens is 3. The summed E-state index contributed by atoms with van der Waals surface area (Å²) >= 11 is 0. The van der Waals surface area contributed by atoms with Gasteiger partial charge < -0.3 is 14.4 Å². The monoisotopic (exact) mass is 290 g/mol. The van der Waals surface area contributed by atoms with Gasteiger partial charge in [0.2, 0.25) is 11.7 Å². The molecule has 0 amide bonds. The van der Waals surface area contributed by atoms with Crippen molar-refractivity contribution in [2.75, 3.05) is 19.7 Å². The normalized spacial score (nSPS) is 23.3. The molecule has 0 aliphatic carbocycles.